The van der Waals surface area contributed by atoms with Gasteiger partial charge in [0.15, 0.2) is 5.90 Å². The van der Waals surface area contributed by atoms with E-state index in [0.29, 0.717) is 6.61 Å². The van der Waals surface area contributed by atoms with E-state index < -0.39 is 0 Å². The lowest BCUT2D eigenvalue weighted by Crippen LogP contribution is -2.05. The number of thiocyanates is 1. The van der Waals surface area contributed by atoms with Crippen LogP contribution in [0, 0.1) is 16.1 Å². The molecule has 0 saturated carbocycles. The Bertz CT molecular complexity index is 384. The topological polar surface area (TPSA) is 66.1 Å². The third-order valence-corrected chi connectivity index (χ3v) is 2.38. The first-order valence-electron chi connectivity index (χ1n) is 4.60. The highest BCUT2D eigenvalue weighted by Crippen LogP contribution is 2.12. The average Bonchev–Trinajstić information content (AvgIpc) is 2.34. The Balaban J connectivity index is 2.37. The number of hydrogen-bond acceptors (Lipinski definition) is 5. The van der Waals surface area contributed by atoms with Crippen LogP contribution in [0.15, 0.2) is 24.3 Å². The predicted molar refractivity (Wildman–Crippen MR) is 63.6 cm³/mol. The fraction of sp³-hybridized carbons (Fsp3) is 0.273. The molecule has 1 N–H and O–H groups in total. The minimum atomic E-state index is 0.113. The molecule has 0 fully saturated rings. The maximum absolute atomic E-state index is 8.30. The number of methoxy groups -OCH3 is 1. The van der Waals surface area contributed by atoms with Crippen molar-refractivity contribution >= 4 is 17.7 Å². The van der Waals surface area contributed by atoms with Gasteiger partial charge in [-0.25, -0.2) is 0 Å². The molecule has 0 spiro atoms. The summed E-state index contributed by atoms with van der Waals surface area (Å²) in [5.74, 6) is 1.19. The Morgan fingerprint density at radius 3 is 2.69 bits per heavy atom. The van der Waals surface area contributed by atoms with E-state index >= 15 is 0 Å². The van der Waals surface area contributed by atoms with Crippen molar-refractivity contribution in [3.8, 4) is 11.2 Å². The molecule has 16 heavy (non-hydrogen) atoms. The minimum absolute atomic E-state index is 0.113. The van der Waals surface area contributed by atoms with Crippen LogP contribution in [0.1, 0.15) is 5.56 Å². The summed E-state index contributed by atoms with van der Waals surface area (Å²) in [5.41, 5.74) is 0.965. The van der Waals surface area contributed by atoms with Gasteiger partial charge < -0.3 is 9.47 Å². The van der Waals surface area contributed by atoms with E-state index in [2.05, 4.69) is 0 Å². The van der Waals surface area contributed by atoms with Gasteiger partial charge in [0.05, 0.1) is 12.9 Å². The number of hydrogen-bond donors (Lipinski definition) is 1. The van der Waals surface area contributed by atoms with Crippen molar-refractivity contribution in [2.24, 2.45) is 0 Å². The molecule has 0 aliphatic heterocycles. The first-order chi connectivity index (χ1) is 7.76. The molecule has 1 aromatic carbocycles. The molecule has 0 saturated heterocycles. The number of rotatable bonds is 5. The van der Waals surface area contributed by atoms with E-state index in [1.807, 2.05) is 29.7 Å². The molecule has 0 aliphatic rings. The van der Waals surface area contributed by atoms with Gasteiger partial charge in [-0.2, -0.15) is 5.26 Å². The monoisotopic (exact) mass is 236 g/mol. The Morgan fingerprint density at radius 1 is 1.44 bits per heavy atom. The van der Waals surface area contributed by atoms with Gasteiger partial charge in [0.2, 0.25) is 0 Å². The van der Waals surface area contributed by atoms with Crippen LogP contribution in [0.5, 0.6) is 5.75 Å². The second kappa shape index (κ2) is 6.75. The molecule has 84 valence electrons. The summed E-state index contributed by atoms with van der Waals surface area (Å²) >= 11 is 0.993. The van der Waals surface area contributed by atoms with Crippen LogP contribution in [-0.4, -0.2) is 18.8 Å². The third-order valence-electron chi connectivity index (χ3n) is 1.84. The van der Waals surface area contributed by atoms with Crippen molar-refractivity contribution in [1.82, 2.24) is 0 Å². The standard InChI is InChI=1S/C11H12N2O2S/c1-14-10-4-2-9(3-5-10)6-15-11(13)7-16-8-12/h2-5,13H,6-7H2,1H3. The summed E-state index contributed by atoms with van der Waals surface area (Å²) in [6.07, 6.45) is 0. The second-order valence-electron chi connectivity index (χ2n) is 2.94. The number of nitrogens with one attached hydrogen (secondary N) is 1. The van der Waals surface area contributed by atoms with Gasteiger partial charge in [-0.3, -0.25) is 5.41 Å². The summed E-state index contributed by atoms with van der Waals surface area (Å²) < 4.78 is 10.2. The Hall–Kier alpha value is -1.67. The van der Waals surface area contributed by atoms with Gasteiger partial charge >= 0.3 is 0 Å². The molecule has 0 bridgehead atoms. The summed E-state index contributed by atoms with van der Waals surface area (Å²) in [6, 6.07) is 7.44. The van der Waals surface area contributed by atoms with Crippen molar-refractivity contribution < 1.29 is 9.47 Å². The fourth-order valence-electron chi connectivity index (χ4n) is 1.03. The largest absolute Gasteiger partial charge is 0.497 e. The molecule has 0 atom stereocenters. The third kappa shape index (κ3) is 4.24. The van der Waals surface area contributed by atoms with Gasteiger partial charge in [0.25, 0.3) is 0 Å². The number of ether oxygens (including phenoxy) is 2. The van der Waals surface area contributed by atoms with E-state index in [0.717, 1.165) is 23.1 Å². The van der Waals surface area contributed by atoms with E-state index in [4.69, 9.17) is 20.1 Å². The lowest BCUT2D eigenvalue weighted by molar-refractivity contribution is 0.288. The SMILES string of the molecule is COc1ccc(COC(=N)CSC#N)cc1. The maximum atomic E-state index is 8.30. The molecule has 0 aromatic heterocycles. The molecule has 0 amide bonds. The zero-order valence-corrected chi connectivity index (χ0v) is 9.71. The molecule has 0 radical (unpaired) electrons. The quantitative estimate of drug-likeness (QED) is 0.484. The van der Waals surface area contributed by atoms with Gasteiger partial charge in [-0.05, 0) is 29.5 Å². The smallest absolute Gasteiger partial charge is 0.192 e. The summed E-state index contributed by atoms with van der Waals surface area (Å²) in [4.78, 5) is 0. The highest BCUT2D eigenvalue weighted by molar-refractivity contribution is 8.04. The van der Waals surface area contributed by atoms with Gasteiger partial charge in [0, 0.05) is 0 Å². The van der Waals surface area contributed by atoms with Crippen LogP contribution in [0.3, 0.4) is 0 Å². The van der Waals surface area contributed by atoms with E-state index in [9.17, 15) is 0 Å². The number of benzene rings is 1. The summed E-state index contributed by atoms with van der Waals surface area (Å²) in [6.45, 7) is 0.342. The second-order valence-corrected chi connectivity index (χ2v) is 3.70. The molecule has 1 aromatic rings. The zero-order valence-electron chi connectivity index (χ0n) is 8.90. The predicted octanol–water partition coefficient (Wildman–Crippen LogP) is 2.40. The summed E-state index contributed by atoms with van der Waals surface area (Å²) in [5, 5.41) is 17.6. The minimum Gasteiger partial charge on any atom is -0.497 e. The first kappa shape index (κ1) is 12.4. The lowest BCUT2D eigenvalue weighted by atomic mass is 10.2. The Labute approximate surface area is 98.7 Å². The van der Waals surface area contributed by atoms with Crippen molar-refractivity contribution in [3.63, 3.8) is 0 Å². The van der Waals surface area contributed by atoms with Crippen LogP contribution in [0.4, 0.5) is 0 Å². The molecular formula is C11H12N2O2S. The van der Waals surface area contributed by atoms with Crippen LogP contribution in [0.25, 0.3) is 0 Å². The van der Waals surface area contributed by atoms with Crippen molar-refractivity contribution in [1.29, 1.82) is 10.7 Å². The summed E-state index contributed by atoms with van der Waals surface area (Å²) in [7, 11) is 1.61. The van der Waals surface area contributed by atoms with Crippen LogP contribution in [-0.2, 0) is 11.3 Å². The van der Waals surface area contributed by atoms with Crippen molar-refractivity contribution in [2.75, 3.05) is 12.9 Å². The number of nitrogens with zero attached hydrogens (tertiary/aromatic N) is 1. The first-order valence-corrected chi connectivity index (χ1v) is 5.59. The van der Waals surface area contributed by atoms with Crippen molar-refractivity contribution in [3.05, 3.63) is 29.8 Å². The molecule has 0 unspecified atom stereocenters. The molecule has 0 heterocycles. The number of nitriles is 1. The van der Waals surface area contributed by atoms with Crippen molar-refractivity contribution in [2.45, 2.75) is 6.61 Å². The maximum Gasteiger partial charge on any atom is 0.192 e. The fourth-order valence-corrected chi connectivity index (χ4v) is 1.31. The highest BCUT2D eigenvalue weighted by Gasteiger charge is 1.99. The van der Waals surface area contributed by atoms with E-state index in [1.165, 1.54) is 0 Å². The molecule has 0 aliphatic carbocycles. The molecule has 5 heteroatoms. The van der Waals surface area contributed by atoms with Crippen LogP contribution in [0.2, 0.25) is 0 Å². The van der Waals surface area contributed by atoms with E-state index in [-0.39, 0.29) is 11.7 Å². The average molecular weight is 236 g/mol. The number of thioether (sulfide) groups is 1. The highest BCUT2D eigenvalue weighted by atomic mass is 32.2. The lowest BCUT2D eigenvalue weighted by Gasteiger charge is -2.06. The Morgan fingerprint density at radius 2 is 2.12 bits per heavy atom. The molecule has 1 rings (SSSR count). The zero-order chi connectivity index (χ0) is 11.8. The van der Waals surface area contributed by atoms with Gasteiger partial charge in [-0.15, -0.1) is 0 Å². The van der Waals surface area contributed by atoms with E-state index in [1.54, 1.807) is 7.11 Å². The van der Waals surface area contributed by atoms with Gasteiger partial charge in [-0.1, -0.05) is 12.1 Å². The molecule has 4 nitrogen and oxygen atoms in total. The Kier molecular flexibility index (Phi) is 5.23. The van der Waals surface area contributed by atoms with Crippen LogP contribution >= 0.6 is 11.8 Å². The van der Waals surface area contributed by atoms with Gasteiger partial charge in [0.1, 0.15) is 17.8 Å². The van der Waals surface area contributed by atoms with Crippen LogP contribution < -0.4 is 4.74 Å². The molecular weight excluding hydrogens is 224 g/mol. The normalized spacial score (nSPS) is 9.25.